The third-order valence-corrected chi connectivity index (χ3v) is 5.41. The van der Waals surface area contributed by atoms with E-state index >= 15 is 0 Å². The van der Waals surface area contributed by atoms with Gasteiger partial charge in [-0.1, -0.05) is 43.3 Å². The average molecular weight is 348 g/mol. The molecule has 1 aromatic heterocycles. The second-order valence-electron chi connectivity index (χ2n) is 5.86. The van der Waals surface area contributed by atoms with Crippen molar-refractivity contribution in [2.45, 2.75) is 13.3 Å². The summed E-state index contributed by atoms with van der Waals surface area (Å²) in [6, 6.07) is 22.9. The highest BCUT2D eigenvalue weighted by molar-refractivity contribution is 7.22. The van der Waals surface area contributed by atoms with Gasteiger partial charge < -0.3 is 4.74 Å². The smallest absolute Gasteiger partial charge is 0.153 e. The molecule has 0 spiro atoms. The maximum atomic E-state index is 13.3. The standard InChI is InChI=1S/C22H17FOS/c1-2-15-7-13-18(14-8-15)24-21-19-5-3-4-6-20(19)25-22(21)16-9-11-17(23)12-10-16/h3-14H,2H2,1H3. The van der Waals surface area contributed by atoms with E-state index in [1.54, 1.807) is 23.5 Å². The first-order valence-electron chi connectivity index (χ1n) is 8.29. The van der Waals surface area contributed by atoms with E-state index in [2.05, 4.69) is 31.2 Å². The second-order valence-corrected chi connectivity index (χ2v) is 6.92. The second kappa shape index (κ2) is 6.69. The Labute approximate surface area is 150 Å². The van der Waals surface area contributed by atoms with Crippen molar-refractivity contribution in [3.63, 3.8) is 0 Å². The van der Waals surface area contributed by atoms with Crippen LogP contribution in [0.5, 0.6) is 11.5 Å². The molecule has 4 rings (SSSR count). The molecule has 0 N–H and O–H groups in total. The molecule has 0 aliphatic heterocycles. The van der Waals surface area contributed by atoms with Crippen LogP contribution in [0.15, 0.2) is 72.8 Å². The van der Waals surface area contributed by atoms with Crippen molar-refractivity contribution in [2.75, 3.05) is 0 Å². The predicted octanol–water partition coefficient (Wildman–Crippen LogP) is 7.06. The van der Waals surface area contributed by atoms with Crippen molar-refractivity contribution in [3.8, 4) is 21.9 Å². The molecule has 124 valence electrons. The fourth-order valence-corrected chi connectivity index (χ4v) is 3.96. The fraction of sp³-hybridized carbons (Fsp3) is 0.0909. The Hall–Kier alpha value is -2.65. The molecule has 0 aliphatic carbocycles. The Morgan fingerprint density at radius 1 is 0.880 bits per heavy atom. The van der Waals surface area contributed by atoms with Gasteiger partial charge in [0, 0.05) is 10.1 Å². The Balaban J connectivity index is 1.82. The number of ether oxygens (including phenoxy) is 1. The summed E-state index contributed by atoms with van der Waals surface area (Å²) in [4.78, 5) is 1.01. The van der Waals surface area contributed by atoms with Gasteiger partial charge in [0.15, 0.2) is 5.75 Å². The molecular formula is C22H17FOS. The molecule has 0 bridgehead atoms. The minimum Gasteiger partial charge on any atom is -0.455 e. The lowest BCUT2D eigenvalue weighted by Crippen LogP contribution is -1.87. The van der Waals surface area contributed by atoms with Gasteiger partial charge in [0.1, 0.15) is 11.6 Å². The Bertz CT molecular complexity index is 1000. The van der Waals surface area contributed by atoms with E-state index in [0.29, 0.717) is 0 Å². The summed E-state index contributed by atoms with van der Waals surface area (Å²) in [6.45, 7) is 2.13. The molecular weight excluding hydrogens is 331 g/mol. The topological polar surface area (TPSA) is 9.23 Å². The minimum absolute atomic E-state index is 0.234. The summed E-state index contributed by atoms with van der Waals surface area (Å²) in [5.74, 6) is 1.41. The van der Waals surface area contributed by atoms with Crippen molar-refractivity contribution >= 4 is 21.4 Å². The maximum absolute atomic E-state index is 13.3. The average Bonchev–Trinajstić information content (AvgIpc) is 3.02. The van der Waals surface area contributed by atoms with Gasteiger partial charge in [0.25, 0.3) is 0 Å². The Morgan fingerprint density at radius 2 is 1.60 bits per heavy atom. The third kappa shape index (κ3) is 3.15. The molecule has 4 aromatic rings. The summed E-state index contributed by atoms with van der Waals surface area (Å²) >= 11 is 1.66. The highest BCUT2D eigenvalue weighted by Crippen LogP contribution is 2.46. The summed E-state index contributed by atoms with van der Waals surface area (Å²) in [5.41, 5.74) is 2.24. The molecule has 0 saturated heterocycles. The highest BCUT2D eigenvalue weighted by Gasteiger charge is 2.16. The molecule has 3 heteroatoms. The van der Waals surface area contributed by atoms with Crippen molar-refractivity contribution < 1.29 is 9.13 Å². The first-order chi connectivity index (χ1) is 12.2. The summed E-state index contributed by atoms with van der Waals surface area (Å²) in [7, 11) is 0. The number of fused-ring (bicyclic) bond motifs is 1. The SMILES string of the molecule is CCc1ccc(Oc2c(-c3ccc(F)cc3)sc3ccccc23)cc1. The lowest BCUT2D eigenvalue weighted by Gasteiger charge is -2.09. The van der Waals surface area contributed by atoms with Crippen LogP contribution in [-0.2, 0) is 6.42 Å². The van der Waals surface area contributed by atoms with Gasteiger partial charge in [-0.2, -0.15) is 0 Å². The van der Waals surface area contributed by atoms with E-state index in [4.69, 9.17) is 4.74 Å². The van der Waals surface area contributed by atoms with Crippen LogP contribution in [0, 0.1) is 5.82 Å². The first kappa shape index (κ1) is 15.9. The quantitative estimate of drug-likeness (QED) is 0.383. The van der Waals surface area contributed by atoms with Gasteiger partial charge in [0.2, 0.25) is 0 Å². The normalized spacial score (nSPS) is 11.0. The van der Waals surface area contributed by atoms with Gasteiger partial charge in [-0.25, -0.2) is 4.39 Å². The van der Waals surface area contributed by atoms with Crippen molar-refractivity contribution in [3.05, 3.63) is 84.2 Å². The molecule has 1 nitrogen and oxygen atoms in total. The number of benzene rings is 3. The Morgan fingerprint density at radius 3 is 2.32 bits per heavy atom. The van der Waals surface area contributed by atoms with Gasteiger partial charge in [-0.3, -0.25) is 0 Å². The summed E-state index contributed by atoms with van der Waals surface area (Å²) in [5, 5.41) is 1.08. The number of aryl methyl sites for hydroxylation is 1. The number of rotatable bonds is 4. The molecule has 0 fully saturated rings. The lowest BCUT2D eigenvalue weighted by atomic mass is 10.1. The number of thiophene rings is 1. The van der Waals surface area contributed by atoms with Crippen LogP contribution in [0.4, 0.5) is 4.39 Å². The number of hydrogen-bond acceptors (Lipinski definition) is 2. The van der Waals surface area contributed by atoms with Crippen LogP contribution in [0.25, 0.3) is 20.5 Å². The molecule has 0 amide bonds. The van der Waals surface area contributed by atoms with E-state index in [1.807, 2.05) is 24.3 Å². The van der Waals surface area contributed by atoms with E-state index in [1.165, 1.54) is 17.7 Å². The molecule has 0 atom stereocenters. The van der Waals surface area contributed by atoms with Crippen LogP contribution < -0.4 is 4.74 Å². The zero-order valence-corrected chi connectivity index (χ0v) is 14.6. The molecule has 3 aromatic carbocycles. The maximum Gasteiger partial charge on any atom is 0.153 e. The zero-order chi connectivity index (χ0) is 17.2. The van der Waals surface area contributed by atoms with Crippen molar-refractivity contribution in [1.82, 2.24) is 0 Å². The van der Waals surface area contributed by atoms with Gasteiger partial charge in [-0.15, -0.1) is 11.3 Å². The van der Waals surface area contributed by atoms with E-state index < -0.39 is 0 Å². The van der Waals surface area contributed by atoms with E-state index in [-0.39, 0.29) is 5.82 Å². The molecule has 0 unspecified atom stereocenters. The lowest BCUT2D eigenvalue weighted by molar-refractivity contribution is 0.491. The predicted molar refractivity (Wildman–Crippen MR) is 103 cm³/mol. The molecule has 1 heterocycles. The highest BCUT2D eigenvalue weighted by atomic mass is 32.1. The largest absolute Gasteiger partial charge is 0.455 e. The van der Waals surface area contributed by atoms with Crippen LogP contribution >= 0.6 is 11.3 Å². The van der Waals surface area contributed by atoms with Gasteiger partial charge >= 0.3 is 0 Å². The monoisotopic (exact) mass is 348 g/mol. The number of halogens is 1. The minimum atomic E-state index is -0.234. The van der Waals surface area contributed by atoms with Crippen molar-refractivity contribution in [2.24, 2.45) is 0 Å². The van der Waals surface area contributed by atoms with Crippen LogP contribution in [-0.4, -0.2) is 0 Å². The molecule has 0 radical (unpaired) electrons. The van der Waals surface area contributed by atoms with E-state index in [9.17, 15) is 4.39 Å². The van der Waals surface area contributed by atoms with Crippen LogP contribution in [0.1, 0.15) is 12.5 Å². The summed E-state index contributed by atoms with van der Waals surface area (Å²) < 4.78 is 20.7. The van der Waals surface area contributed by atoms with Crippen LogP contribution in [0.2, 0.25) is 0 Å². The fourth-order valence-electron chi connectivity index (χ4n) is 2.83. The Kier molecular flexibility index (Phi) is 4.24. The molecule has 0 aliphatic rings. The summed E-state index contributed by atoms with van der Waals surface area (Å²) in [6.07, 6.45) is 1.00. The van der Waals surface area contributed by atoms with Crippen molar-refractivity contribution in [1.29, 1.82) is 0 Å². The first-order valence-corrected chi connectivity index (χ1v) is 9.10. The third-order valence-electron chi connectivity index (χ3n) is 4.21. The van der Waals surface area contributed by atoms with E-state index in [0.717, 1.165) is 38.4 Å². The van der Waals surface area contributed by atoms with Gasteiger partial charge in [-0.05, 0) is 53.9 Å². The van der Waals surface area contributed by atoms with Crippen LogP contribution in [0.3, 0.4) is 0 Å². The van der Waals surface area contributed by atoms with Gasteiger partial charge in [0.05, 0.1) is 4.88 Å². The molecule has 25 heavy (non-hydrogen) atoms. The number of hydrogen-bond donors (Lipinski definition) is 0. The zero-order valence-electron chi connectivity index (χ0n) is 13.8. The molecule has 0 saturated carbocycles.